The van der Waals surface area contributed by atoms with Crippen LogP contribution >= 0.6 is 0 Å². The molecule has 2 aliphatic carbocycles. The van der Waals surface area contributed by atoms with Gasteiger partial charge in [-0.3, -0.25) is 0 Å². The number of benzene rings is 10. The molecule has 2 N–H and O–H groups in total. The average molecular weight is 868 g/mol. The summed E-state index contributed by atoms with van der Waals surface area (Å²) >= 11 is 0. The largest absolute Gasteiger partial charge is 0.383 e. The molecular weight excluding hydrogens is 823 g/mol. The van der Waals surface area contributed by atoms with E-state index in [1.165, 1.54) is 44.5 Å². The maximum Gasteiger partial charge on any atom is 0.162 e. The summed E-state index contributed by atoms with van der Waals surface area (Å²) in [5.74, 6) is 0.823. The zero-order valence-electron chi connectivity index (χ0n) is 37.4. The number of hydrogen-bond acceptors (Lipinski definition) is 1. The monoisotopic (exact) mass is 867 g/mol. The van der Waals surface area contributed by atoms with E-state index in [-0.39, 0.29) is 0 Å². The second-order valence-electron chi connectivity index (χ2n) is 17.6. The number of nitrogens with two attached hydrogens (primary N) is 1. The van der Waals surface area contributed by atoms with E-state index in [1.807, 2.05) is 24.3 Å². The first-order valence-electron chi connectivity index (χ1n) is 23.1. The maximum atomic E-state index is 7.31. The van der Waals surface area contributed by atoms with Crippen molar-refractivity contribution in [2.45, 2.75) is 5.41 Å². The van der Waals surface area contributed by atoms with Crippen LogP contribution in [0.5, 0.6) is 0 Å². The number of rotatable bonds is 8. The van der Waals surface area contributed by atoms with E-state index in [0.717, 1.165) is 61.2 Å². The van der Waals surface area contributed by atoms with Gasteiger partial charge in [0.15, 0.2) is 5.84 Å². The normalized spacial score (nSPS) is 13.1. The van der Waals surface area contributed by atoms with Gasteiger partial charge in [-0.05, 0) is 131 Å². The Bertz CT molecular complexity index is 3450. The first-order valence-corrected chi connectivity index (χ1v) is 23.1. The molecule has 0 bridgehead atoms. The minimum atomic E-state index is -0.546. The smallest absolute Gasteiger partial charge is 0.162 e. The molecule has 0 atom stereocenters. The lowest BCUT2D eigenvalue weighted by atomic mass is 9.70. The van der Waals surface area contributed by atoms with E-state index in [4.69, 9.17) is 15.7 Å². The summed E-state index contributed by atoms with van der Waals surface area (Å²) in [4.78, 5) is 10.8. The molecule has 12 rings (SSSR count). The molecule has 0 saturated carbocycles. The molecule has 10 aromatic carbocycles. The van der Waals surface area contributed by atoms with E-state index < -0.39 is 5.41 Å². The standard InChI is InChI=1S/C65H45N3/c1-43(49-36-50(44-20-6-2-7-21-44)38-51(37-49)45-22-8-3-9-23-45)67-64(68-63(66)54-40-52(46-24-10-4-11-25-46)39-53(41-54)47-26-12-5-13-27-47)48-34-35-58-57-30-16-19-33-61(57)65(62(58)42-48)59-31-17-14-28-55(59)56-29-15-18-32-60(56)65/h2-42H,1H2,(H2,66,67,68). The van der Waals surface area contributed by atoms with Crippen LogP contribution < -0.4 is 5.73 Å². The van der Waals surface area contributed by atoms with E-state index in [1.54, 1.807) is 0 Å². The summed E-state index contributed by atoms with van der Waals surface area (Å²) in [5, 5.41) is 0. The highest BCUT2D eigenvalue weighted by molar-refractivity contribution is 6.13. The highest BCUT2D eigenvalue weighted by Crippen LogP contribution is 2.62. The molecule has 0 amide bonds. The SMILES string of the molecule is C=C(N=C(N=C(N)c1cc(-c2ccccc2)cc(-c2ccccc2)c1)c1ccc2c(c1)C1(c3ccccc3-c3ccccc31)c1ccccc1-2)c1cc(-c2ccccc2)cc(-c2ccccc2)c1. The molecule has 1 spiro atoms. The third-order valence-electron chi connectivity index (χ3n) is 13.6. The molecule has 0 aromatic heterocycles. The fraction of sp³-hybridized carbons (Fsp3) is 0.0154. The van der Waals surface area contributed by atoms with Gasteiger partial charge in [0.2, 0.25) is 0 Å². The van der Waals surface area contributed by atoms with Crippen LogP contribution in [0, 0.1) is 0 Å². The van der Waals surface area contributed by atoms with Gasteiger partial charge in [0, 0.05) is 16.7 Å². The van der Waals surface area contributed by atoms with Crippen molar-refractivity contribution in [3.05, 3.63) is 294 Å². The molecule has 0 radical (unpaired) electrons. The molecule has 3 nitrogen and oxygen atoms in total. The van der Waals surface area contributed by atoms with Crippen LogP contribution in [-0.2, 0) is 5.41 Å². The Labute approximate surface area is 397 Å². The molecule has 68 heavy (non-hydrogen) atoms. The number of aliphatic imine (C=N–C) groups is 2. The topological polar surface area (TPSA) is 50.7 Å². The predicted octanol–water partition coefficient (Wildman–Crippen LogP) is 15.5. The quantitative estimate of drug-likeness (QED) is 0.120. The molecule has 320 valence electrons. The van der Waals surface area contributed by atoms with Gasteiger partial charge < -0.3 is 5.73 Å². The maximum absolute atomic E-state index is 7.31. The first kappa shape index (κ1) is 40.6. The van der Waals surface area contributed by atoms with E-state index in [2.05, 4.69) is 231 Å². The fourth-order valence-corrected chi connectivity index (χ4v) is 10.5. The van der Waals surface area contributed by atoms with Gasteiger partial charge in [-0.1, -0.05) is 213 Å². The van der Waals surface area contributed by atoms with Gasteiger partial charge in [-0.25, -0.2) is 9.98 Å². The fourth-order valence-electron chi connectivity index (χ4n) is 10.5. The molecular formula is C65H45N3. The Kier molecular flexibility index (Phi) is 10.0. The lowest BCUT2D eigenvalue weighted by Gasteiger charge is -2.30. The molecule has 0 heterocycles. The number of nitrogens with zero attached hydrogens (tertiary/aromatic N) is 2. The Morgan fingerprint density at radius 2 is 0.662 bits per heavy atom. The van der Waals surface area contributed by atoms with Crippen molar-refractivity contribution in [3.63, 3.8) is 0 Å². The third kappa shape index (κ3) is 6.92. The van der Waals surface area contributed by atoms with Gasteiger partial charge in [-0.15, -0.1) is 0 Å². The third-order valence-corrected chi connectivity index (χ3v) is 13.6. The minimum Gasteiger partial charge on any atom is -0.383 e. The Balaban J connectivity index is 1.08. The summed E-state index contributed by atoms with van der Waals surface area (Å²) in [5.41, 5.74) is 28.4. The highest BCUT2D eigenvalue weighted by atomic mass is 15.0. The summed E-state index contributed by atoms with van der Waals surface area (Å²) in [6, 6.07) is 88.2. The van der Waals surface area contributed by atoms with E-state index in [0.29, 0.717) is 17.4 Å². The summed E-state index contributed by atoms with van der Waals surface area (Å²) in [7, 11) is 0. The molecule has 0 fully saturated rings. The van der Waals surface area contributed by atoms with Gasteiger partial charge in [-0.2, -0.15) is 0 Å². The van der Waals surface area contributed by atoms with Crippen LogP contribution in [0.3, 0.4) is 0 Å². The van der Waals surface area contributed by atoms with Gasteiger partial charge >= 0.3 is 0 Å². The molecule has 3 heteroatoms. The van der Waals surface area contributed by atoms with Crippen molar-refractivity contribution in [3.8, 4) is 66.8 Å². The molecule has 2 aliphatic rings. The van der Waals surface area contributed by atoms with Crippen molar-refractivity contribution in [2.75, 3.05) is 0 Å². The Morgan fingerprint density at radius 3 is 1.07 bits per heavy atom. The number of amidine groups is 2. The van der Waals surface area contributed by atoms with Crippen molar-refractivity contribution in [2.24, 2.45) is 15.7 Å². The van der Waals surface area contributed by atoms with Crippen molar-refractivity contribution in [1.82, 2.24) is 0 Å². The van der Waals surface area contributed by atoms with Crippen LogP contribution in [0.4, 0.5) is 0 Å². The Hall–Kier alpha value is -8.92. The average Bonchev–Trinajstić information content (AvgIpc) is 3.88. The zero-order chi connectivity index (χ0) is 45.6. The molecule has 0 aliphatic heterocycles. The van der Waals surface area contributed by atoms with Gasteiger partial charge in [0.1, 0.15) is 5.84 Å². The summed E-state index contributed by atoms with van der Waals surface area (Å²) in [6.45, 7) is 4.69. The van der Waals surface area contributed by atoms with Gasteiger partial charge in [0.05, 0.1) is 11.1 Å². The lowest BCUT2D eigenvalue weighted by molar-refractivity contribution is 0.793. The van der Waals surface area contributed by atoms with Crippen LogP contribution in [-0.4, -0.2) is 11.7 Å². The van der Waals surface area contributed by atoms with Crippen molar-refractivity contribution < 1.29 is 0 Å². The second-order valence-corrected chi connectivity index (χ2v) is 17.6. The number of fused-ring (bicyclic) bond motifs is 10. The van der Waals surface area contributed by atoms with Crippen molar-refractivity contribution in [1.29, 1.82) is 0 Å². The van der Waals surface area contributed by atoms with E-state index >= 15 is 0 Å². The summed E-state index contributed by atoms with van der Waals surface area (Å²) < 4.78 is 0. The van der Waals surface area contributed by atoms with Crippen LogP contribution in [0.25, 0.3) is 72.5 Å². The molecule has 0 saturated heterocycles. The molecule has 0 unspecified atom stereocenters. The van der Waals surface area contributed by atoms with E-state index in [9.17, 15) is 0 Å². The van der Waals surface area contributed by atoms with Crippen LogP contribution in [0.15, 0.2) is 265 Å². The highest BCUT2D eigenvalue weighted by Gasteiger charge is 2.51. The predicted molar refractivity (Wildman–Crippen MR) is 284 cm³/mol. The van der Waals surface area contributed by atoms with Gasteiger partial charge in [0.25, 0.3) is 0 Å². The van der Waals surface area contributed by atoms with Crippen molar-refractivity contribution >= 4 is 17.4 Å². The molecule has 10 aromatic rings. The number of hydrogen-bond donors (Lipinski definition) is 1. The Morgan fingerprint density at radius 1 is 0.309 bits per heavy atom. The second kappa shape index (κ2) is 16.8. The lowest BCUT2D eigenvalue weighted by Crippen LogP contribution is -2.26. The summed E-state index contributed by atoms with van der Waals surface area (Å²) in [6.07, 6.45) is 0. The zero-order valence-corrected chi connectivity index (χ0v) is 37.4. The van der Waals surface area contributed by atoms with Crippen LogP contribution in [0.1, 0.15) is 38.9 Å². The minimum absolute atomic E-state index is 0.351. The first-order chi connectivity index (χ1) is 33.5. The van der Waals surface area contributed by atoms with Crippen LogP contribution in [0.2, 0.25) is 0 Å².